The lowest BCUT2D eigenvalue weighted by molar-refractivity contribution is 0.640. The van der Waals surface area contributed by atoms with Crippen LogP contribution < -0.4 is 5.56 Å². The van der Waals surface area contributed by atoms with Crippen LogP contribution in [0.5, 0.6) is 0 Å². The summed E-state index contributed by atoms with van der Waals surface area (Å²) >= 11 is 0. The zero-order valence-corrected chi connectivity index (χ0v) is 7.90. The first-order valence-electron chi connectivity index (χ1n) is 4.51. The minimum atomic E-state index is -0.000637. The summed E-state index contributed by atoms with van der Waals surface area (Å²) in [6, 6.07) is 5.33. The van der Waals surface area contributed by atoms with E-state index in [1.54, 1.807) is 23.1 Å². The van der Waals surface area contributed by atoms with Crippen LogP contribution in [0.4, 0.5) is 0 Å². The molecule has 0 radical (unpaired) electrons. The van der Waals surface area contributed by atoms with Gasteiger partial charge in [0.15, 0.2) is 0 Å². The van der Waals surface area contributed by atoms with Gasteiger partial charge in [0.05, 0.1) is 5.69 Å². The minimum absolute atomic E-state index is 0.000637. The Kier molecular flexibility index (Phi) is 2.18. The highest BCUT2D eigenvalue weighted by atomic mass is 16.1. The molecule has 0 bridgehead atoms. The molecule has 4 heteroatoms. The number of pyridine rings is 1. The molecule has 0 spiro atoms. The smallest absolute Gasteiger partial charge is 0.267 e. The van der Waals surface area contributed by atoms with E-state index in [1.165, 1.54) is 0 Å². The SMILES string of the molecule is CCn1[nH]c(-c2ccncc2)cc1=O. The Labute approximate surface area is 81.2 Å². The van der Waals surface area contributed by atoms with Crippen LogP contribution >= 0.6 is 0 Å². The van der Waals surface area contributed by atoms with Crippen LogP contribution in [0.3, 0.4) is 0 Å². The molecule has 0 unspecified atom stereocenters. The molecule has 0 atom stereocenters. The van der Waals surface area contributed by atoms with Gasteiger partial charge in [0.25, 0.3) is 5.56 Å². The van der Waals surface area contributed by atoms with E-state index in [9.17, 15) is 4.79 Å². The lowest BCUT2D eigenvalue weighted by atomic mass is 10.2. The number of hydrogen-bond acceptors (Lipinski definition) is 2. The zero-order valence-electron chi connectivity index (χ0n) is 7.90. The molecule has 0 aliphatic rings. The number of nitrogens with zero attached hydrogens (tertiary/aromatic N) is 2. The molecule has 1 N–H and O–H groups in total. The van der Waals surface area contributed by atoms with Gasteiger partial charge < -0.3 is 0 Å². The second kappa shape index (κ2) is 3.49. The van der Waals surface area contributed by atoms with Crippen LogP contribution in [0.15, 0.2) is 35.4 Å². The molecular formula is C10H11N3O. The maximum Gasteiger partial charge on any atom is 0.267 e. The monoisotopic (exact) mass is 189 g/mol. The van der Waals surface area contributed by atoms with E-state index < -0.39 is 0 Å². The van der Waals surface area contributed by atoms with E-state index in [-0.39, 0.29) is 5.56 Å². The third kappa shape index (κ3) is 1.46. The summed E-state index contributed by atoms with van der Waals surface area (Å²) in [6.45, 7) is 2.58. The number of aromatic amines is 1. The van der Waals surface area contributed by atoms with Crippen LogP contribution in [0.1, 0.15) is 6.92 Å². The van der Waals surface area contributed by atoms with E-state index >= 15 is 0 Å². The van der Waals surface area contributed by atoms with Crippen molar-refractivity contribution in [2.75, 3.05) is 0 Å². The molecule has 0 aliphatic carbocycles. The lowest BCUT2D eigenvalue weighted by Gasteiger charge is -1.96. The average molecular weight is 189 g/mol. The third-order valence-corrected chi connectivity index (χ3v) is 2.10. The van der Waals surface area contributed by atoms with Crippen molar-refractivity contribution in [2.45, 2.75) is 13.5 Å². The molecule has 0 aromatic carbocycles. The van der Waals surface area contributed by atoms with Crippen LogP contribution in [0.2, 0.25) is 0 Å². The summed E-state index contributed by atoms with van der Waals surface area (Å²) < 4.78 is 1.57. The third-order valence-electron chi connectivity index (χ3n) is 2.10. The maximum atomic E-state index is 11.4. The molecular weight excluding hydrogens is 178 g/mol. The van der Waals surface area contributed by atoms with Crippen LogP contribution in [0.25, 0.3) is 11.3 Å². The molecule has 0 saturated heterocycles. The van der Waals surface area contributed by atoms with Gasteiger partial charge in [-0.05, 0) is 19.1 Å². The standard InChI is InChI=1S/C10H11N3O/c1-2-13-10(14)7-9(12-13)8-3-5-11-6-4-8/h3-7,12H,2H2,1H3. The Hall–Kier alpha value is -1.84. The second-order valence-electron chi connectivity index (χ2n) is 2.99. The van der Waals surface area contributed by atoms with Gasteiger partial charge in [-0.25, -0.2) is 0 Å². The first kappa shape index (κ1) is 8.74. The number of aromatic nitrogens is 3. The van der Waals surface area contributed by atoms with Gasteiger partial charge in [-0.3, -0.25) is 19.6 Å². The Morgan fingerprint density at radius 1 is 1.43 bits per heavy atom. The molecule has 72 valence electrons. The van der Waals surface area contributed by atoms with Gasteiger partial charge in [0.2, 0.25) is 0 Å². The molecule has 0 saturated carbocycles. The van der Waals surface area contributed by atoms with Gasteiger partial charge in [-0.15, -0.1) is 0 Å². The highest BCUT2D eigenvalue weighted by molar-refractivity contribution is 5.57. The summed E-state index contributed by atoms with van der Waals surface area (Å²) in [7, 11) is 0. The summed E-state index contributed by atoms with van der Waals surface area (Å²) in [5, 5.41) is 3.02. The highest BCUT2D eigenvalue weighted by Crippen LogP contribution is 2.12. The topological polar surface area (TPSA) is 50.7 Å². The predicted octanol–water partition coefficient (Wildman–Crippen LogP) is 1.26. The van der Waals surface area contributed by atoms with Crippen LogP contribution in [-0.2, 0) is 6.54 Å². The first-order chi connectivity index (χ1) is 6.81. The quantitative estimate of drug-likeness (QED) is 0.773. The summed E-state index contributed by atoms with van der Waals surface area (Å²) in [5.74, 6) is 0. The van der Waals surface area contributed by atoms with Crippen molar-refractivity contribution in [3.8, 4) is 11.3 Å². The van der Waals surface area contributed by atoms with Gasteiger partial charge in [-0.1, -0.05) is 0 Å². The summed E-state index contributed by atoms with van der Waals surface area (Å²) in [6.07, 6.45) is 3.41. The Morgan fingerprint density at radius 3 is 2.71 bits per heavy atom. The van der Waals surface area contributed by atoms with Crippen LogP contribution in [-0.4, -0.2) is 14.8 Å². The number of nitrogens with one attached hydrogen (secondary N) is 1. The van der Waals surface area contributed by atoms with Gasteiger partial charge in [0, 0.05) is 30.6 Å². The van der Waals surface area contributed by atoms with Gasteiger partial charge in [0.1, 0.15) is 0 Å². The first-order valence-corrected chi connectivity index (χ1v) is 4.51. The summed E-state index contributed by atoms with van der Waals surface area (Å²) in [4.78, 5) is 15.3. The number of hydrogen-bond donors (Lipinski definition) is 1. The summed E-state index contributed by atoms with van der Waals surface area (Å²) in [5.41, 5.74) is 1.81. The Bertz CT molecular complexity index is 470. The van der Waals surface area contributed by atoms with Gasteiger partial charge in [-0.2, -0.15) is 0 Å². The molecule has 2 heterocycles. The fourth-order valence-electron chi connectivity index (χ4n) is 1.35. The zero-order chi connectivity index (χ0) is 9.97. The molecule has 14 heavy (non-hydrogen) atoms. The van der Waals surface area contributed by atoms with Crippen molar-refractivity contribution in [3.05, 3.63) is 40.9 Å². The van der Waals surface area contributed by atoms with Crippen molar-refractivity contribution < 1.29 is 0 Å². The maximum absolute atomic E-state index is 11.4. The highest BCUT2D eigenvalue weighted by Gasteiger charge is 2.02. The van der Waals surface area contributed by atoms with Crippen LogP contribution in [0, 0.1) is 0 Å². The Balaban J connectivity index is 2.48. The molecule has 0 fully saturated rings. The predicted molar refractivity (Wildman–Crippen MR) is 54.0 cm³/mol. The fourth-order valence-corrected chi connectivity index (χ4v) is 1.35. The van der Waals surface area contributed by atoms with E-state index in [4.69, 9.17) is 0 Å². The largest absolute Gasteiger partial charge is 0.295 e. The van der Waals surface area contributed by atoms with Crippen molar-refractivity contribution in [3.63, 3.8) is 0 Å². The molecule has 0 aliphatic heterocycles. The number of aryl methyl sites for hydroxylation is 1. The molecule has 2 rings (SSSR count). The molecule has 2 aromatic heterocycles. The Morgan fingerprint density at radius 2 is 2.14 bits per heavy atom. The van der Waals surface area contributed by atoms with Crippen molar-refractivity contribution >= 4 is 0 Å². The molecule has 4 nitrogen and oxygen atoms in total. The number of rotatable bonds is 2. The average Bonchev–Trinajstić information content (AvgIpc) is 2.61. The molecule has 0 amide bonds. The van der Waals surface area contributed by atoms with Gasteiger partial charge >= 0.3 is 0 Å². The normalized spacial score (nSPS) is 10.4. The van der Waals surface area contributed by atoms with E-state index in [1.807, 2.05) is 19.1 Å². The number of H-pyrrole nitrogens is 1. The fraction of sp³-hybridized carbons (Fsp3) is 0.200. The van der Waals surface area contributed by atoms with E-state index in [0.29, 0.717) is 6.54 Å². The van der Waals surface area contributed by atoms with Crippen molar-refractivity contribution in [2.24, 2.45) is 0 Å². The van der Waals surface area contributed by atoms with Crippen molar-refractivity contribution in [1.82, 2.24) is 14.8 Å². The minimum Gasteiger partial charge on any atom is -0.295 e. The van der Waals surface area contributed by atoms with E-state index in [0.717, 1.165) is 11.3 Å². The lowest BCUT2D eigenvalue weighted by Crippen LogP contribution is -2.13. The van der Waals surface area contributed by atoms with E-state index in [2.05, 4.69) is 10.1 Å². The second-order valence-corrected chi connectivity index (χ2v) is 2.99. The van der Waals surface area contributed by atoms with Crippen molar-refractivity contribution in [1.29, 1.82) is 0 Å². The molecule has 2 aromatic rings.